The van der Waals surface area contributed by atoms with Gasteiger partial charge in [-0.25, -0.2) is 4.39 Å². The number of nitrogen functional groups attached to an aromatic ring is 1. The van der Waals surface area contributed by atoms with Gasteiger partial charge in [0.05, 0.1) is 5.69 Å². The third-order valence-electron chi connectivity index (χ3n) is 2.82. The number of hydrogen-bond donors (Lipinski definition) is 2. The van der Waals surface area contributed by atoms with Crippen LogP contribution >= 0.6 is 0 Å². The zero-order valence-electron chi connectivity index (χ0n) is 8.09. The zero-order valence-corrected chi connectivity index (χ0v) is 8.09. The summed E-state index contributed by atoms with van der Waals surface area (Å²) in [5.41, 5.74) is 6.99. The molecule has 1 aliphatic heterocycles. The van der Waals surface area contributed by atoms with Crippen LogP contribution in [-0.2, 0) is 0 Å². The highest BCUT2D eigenvalue weighted by atomic mass is 19.1. The monoisotopic (exact) mass is 194 g/mol. The van der Waals surface area contributed by atoms with Crippen molar-refractivity contribution in [3.05, 3.63) is 29.6 Å². The van der Waals surface area contributed by atoms with Crippen molar-refractivity contribution in [2.45, 2.75) is 18.8 Å². The molecule has 1 fully saturated rings. The molecule has 2 rings (SSSR count). The lowest BCUT2D eigenvalue weighted by Gasteiger charge is -2.24. The molecular weight excluding hydrogens is 179 g/mol. The van der Waals surface area contributed by atoms with E-state index in [0.29, 0.717) is 11.6 Å². The van der Waals surface area contributed by atoms with Crippen molar-refractivity contribution in [2.75, 3.05) is 18.8 Å². The molecule has 0 aromatic heterocycles. The van der Waals surface area contributed by atoms with Gasteiger partial charge in [0.2, 0.25) is 0 Å². The Kier molecular flexibility index (Phi) is 2.68. The summed E-state index contributed by atoms with van der Waals surface area (Å²) < 4.78 is 13.2. The first-order valence-electron chi connectivity index (χ1n) is 5.03. The lowest BCUT2D eigenvalue weighted by Crippen LogP contribution is -2.28. The average Bonchev–Trinajstić information content (AvgIpc) is 2.23. The van der Waals surface area contributed by atoms with Gasteiger partial charge in [-0.1, -0.05) is 12.1 Å². The fraction of sp³-hybridized carbons (Fsp3) is 0.455. The van der Waals surface area contributed by atoms with Crippen LogP contribution in [0.15, 0.2) is 18.2 Å². The Bertz CT molecular complexity index is 319. The predicted octanol–water partition coefficient (Wildman–Crippen LogP) is 1.87. The highest BCUT2D eigenvalue weighted by Gasteiger charge is 2.18. The summed E-state index contributed by atoms with van der Waals surface area (Å²) in [6.07, 6.45) is 2.24. The SMILES string of the molecule is Nc1c(F)cccc1C1CCCNC1. The maximum atomic E-state index is 13.2. The number of piperidine rings is 1. The normalized spacial score (nSPS) is 22.2. The lowest BCUT2D eigenvalue weighted by atomic mass is 9.90. The quantitative estimate of drug-likeness (QED) is 0.670. The number of anilines is 1. The molecule has 3 N–H and O–H groups in total. The van der Waals surface area contributed by atoms with E-state index in [9.17, 15) is 4.39 Å². The number of nitrogens with one attached hydrogen (secondary N) is 1. The molecule has 1 unspecified atom stereocenters. The smallest absolute Gasteiger partial charge is 0.146 e. The van der Waals surface area contributed by atoms with E-state index in [1.165, 1.54) is 6.07 Å². The van der Waals surface area contributed by atoms with Gasteiger partial charge in [0.15, 0.2) is 0 Å². The number of nitrogens with two attached hydrogens (primary N) is 1. The number of para-hydroxylation sites is 1. The van der Waals surface area contributed by atoms with Crippen LogP contribution in [0, 0.1) is 5.82 Å². The van der Waals surface area contributed by atoms with Gasteiger partial charge in [-0.3, -0.25) is 0 Å². The highest BCUT2D eigenvalue weighted by Crippen LogP contribution is 2.29. The van der Waals surface area contributed by atoms with E-state index in [2.05, 4.69) is 5.32 Å². The number of halogens is 1. The molecule has 14 heavy (non-hydrogen) atoms. The predicted molar refractivity (Wildman–Crippen MR) is 55.7 cm³/mol. The molecule has 0 bridgehead atoms. The minimum absolute atomic E-state index is 0.298. The molecule has 2 nitrogen and oxygen atoms in total. The van der Waals surface area contributed by atoms with E-state index in [1.807, 2.05) is 6.07 Å². The van der Waals surface area contributed by atoms with Crippen molar-refractivity contribution in [1.82, 2.24) is 5.32 Å². The first-order chi connectivity index (χ1) is 6.79. The van der Waals surface area contributed by atoms with Crippen molar-refractivity contribution in [3.63, 3.8) is 0 Å². The molecule has 1 aromatic rings. The van der Waals surface area contributed by atoms with E-state index in [0.717, 1.165) is 31.5 Å². The fourth-order valence-corrected chi connectivity index (χ4v) is 2.03. The first kappa shape index (κ1) is 9.46. The van der Waals surface area contributed by atoms with Crippen molar-refractivity contribution >= 4 is 5.69 Å². The van der Waals surface area contributed by atoms with Crippen LogP contribution in [0.1, 0.15) is 24.3 Å². The topological polar surface area (TPSA) is 38.0 Å². The summed E-state index contributed by atoms with van der Waals surface area (Å²) in [6.45, 7) is 1.97. The van der Waals surface area contributed by atoms with E-state index in [4.69, 9.17) is 5.73 Å². The Labute approximate surface area is 83.3 Å². The maximum Gasteiger partial charge on any atom is 0.146 e. The van der Waals surface area contributed by atoms with Crippen LogP contribution < -0.4 is 11.1 Å². The lowest BCUT2D eigenvalue weighted by molar-refractivity contribution is 0.461. The van der Waals surface area contributed by atoms with Gasteiger partial charge in [-0.15, -0.1) is 0 Å². The molecule has 1 atom stereocenters. The molecule has 3 heteroatoms. The summed E-state index contributed by atoms with van der Waals surface area (Å²) >= 11 is 0. The Morgan fingerprint density at radius 3 is 3.00 bits per heavy atom. The minimum Gasteiger partial charge on any atom is -0.396 e. The Balaban J connectivity index is 2.26. The van der Waals surface area contributed by atoms with Crippen molar-refractivity contribution < 1.29 is 4.39 Å². The van der Waals surface area contributed by atoms with Crippen molar-refractivity contribution in [3.8, 4) is 0 Å². The van der Waals surface area contributed by atoms with Crippen LogP contribution in [-0.4, -0.2) is 13.1 Å². The van der Waals surface area contributed by atoms with E-state index in [1.54, 1.807) is 6.07 Å². The van der Waals surface area contributed by atoms with Crippen LogP contribution in [0.2, 0.25) is 0 Å². The van der Waals surface area contributed by atoms with Crippen molar-refractivity contribution in [2.24, 2.45) is 0 Å². The molecule has 1 saturated heterocycles. The second-order valence-corrected chi connectivity index (χ2v) is 3.79. The minimum atomic E-state index is -0.298. The third kappa shape index (κ3) is 1.73. The zero-order chi connectivity index (χ0) is 9.97. The summed E-state index contributed by atoms with van der Waals surface area (Å²) in [4.78, 5) is 0. The molecule has 1 aromatic carbocycles. The van der Waals surface area contributed by atoms with Gasteiger partial charge in [-0.05, 0) is 36.9 Å². The molecule has 0 saturated carbocycles. The van der Waals surface area contributed by atoms with Crippen LogP contribution in [0.5, 0.6) is 0 Å². The molecule has 1 heterocycles. The summed E-state index contributed by atoms with van der Waals surface area (Å²) in [5, 5.41) is 3.30. The van der Waals surface area contributed by atoms with E-state index >= 15 is 0 Å². The van der Waals surface area contributed by atoms with E-state index < -0.39 is 0 Å². The molecule has 0 spiro atoms. The van der Waals surface area contributed by atoms with Gasteiger partial charge < -0.3 is 11.1 Å². The van der Waals surface area contributed by atoms with Gasteiger partial charge >= 0.3 is 0 Å². The molecule has 0 radical (unpaired) electrons. The van der Waals surface area contributed by atoms with Crippen LogP contribution in [0.25, 0.3) is 0 Å². The molecule has 76 valence electrons. The molecular formula is C11H15FN2. The molecule has 0 amide bonds. The second kappa shape index (κ2) is 3.96. The number of hydrogen-bond acceptors (Lipinski definition) is 2. The first-order valence-corrected chi connectivity index (χ1v) is 5.03. The Morgan fingerprint density at radius 2 is 2.29 bits per heavy atom. The summed E-state index contributed by atoms with van der Waals surface area (Å²) in [5.74, 6) is 0.0764. The standard InChI is InChI=1S/C11H15FN2/c12-10-5-1-4-9(11(10)13)8-3-2-6-14-7-8/h1,4-5,8,14H,2-3,6-7,13H2. The Hall–Kier alpha value is -1.09. The van der Waals surface area contributed by atoms with Crippen LogP contribution in [0.4, 0.5) is 10.1 Å². The average molecular weight is 194 g/mol. The maximum absolute atomic E-state index is 13.2. The summed E-state index contributed by atoms with van der Waals surface area (Å²) in [6, 6.07) is 5.07. The van der Waals surface area contributed by atoms with Gasteiger partial charge in [0.1, 0.15) is 5.82 Å². The Morgan fingerprint density at radius 1 is 1.43 bits per heavy atom. The van der Waals surface area contributed by atoms with Gasteiger partial charge in [0.25, 0.3) is 0 Å². The van der Waals surface area contributed by atoms with Crippen LogP contribution in [0.3, 0.4) is 0 Å². The van der Waals surface area contributed by atoms with E-state index in [-0.39, 0.29) is 5.82 Å². The fourth-order valence-electron chi connectivity index (χ4n) is 2.03. The largest absolute Gasteiger partial charge is 0.396 e. The number of benzene rings is 1. The molecule has 0 aliphatic carbocycles. The summed E-state index contributed by atoms with van der Waals surface area (Å²) in [7, 11) is 0. The van der Waals surface area contributed by atoms with Gasteiger partial charge in [-0.2, -0.15) is 0 Å². The third-order valence-corrected chi connectivity index (χ3v) is 2.82. The highest BCUT2D eigenvalue weighted by molar-refractivity contribution is 5.50. The number of rotatable bonds is 1. The second-order valence-electron chi connectivity index (χ2n) is 3.79. The van der Waals surface area contributed by atoms with Crippen molar-refractivity contribution in [1.29, 1.82) is 0 Å². The van der Waals surface area contributed by atoms with Gasteiger partial charge in [0, 0.05) is 6.54 Å². The molecule has 1 aliphatic rings.